The average molecular weight is 412 g/mol. The molecule has 0 radical (unpaired) electrons. The second kappa shape index (κ2) is 6.97. The minimum atomic E-state index is 0.167. The van der Waals surface area contributed by atoms with Gasteiger partial charge in [-0.2, -0.15) is 0 Å². The zero-order valence-corrected chi connectivity index (χ0v) is 16.0. The minimum absolute atomic E-state index is 0.167. The Balaban J connectivity index is 2.36. The highest BCUT2D eigenvalue weighted by atomic mass is 79.9. The number of benzene rings is 2. The number of alkyl halides is 1. The van der Waals surface area contributed by atoms with Crippen molar-refractivity contribution in [3.63, 3.8) is 0 Å². The SMILES string of the molecule is Cc1cc(C(Br)c2cccc(OC(C)C)c2)c(C)cc1Br. The maximum atomic E-state index is 5.79. The Kier molecular flexibility index (Phi) is 5.50. The van der Waals surface area contributed by atoms with Gasteiger partial charge < -0.3 is 4.74 Å². The minimum Gasteiger partial charge on any atom is -0.491 e. The van der Waals surface area contributed by atoms with E-state index in [4.69, 9.17) is 4.74 Å². The van der Waals surface area contributed by atoms with Crippen LogP contribution in [-0.2, 0) is 0 Å². The lowest BCUT2D eigenvalue weighted by Crippen LogP contribution is -2.06. The van der Waals surface area contributed by atoms with Gasteiger partial charge in [-0.1, -0.05) is 50.1 Å². The van der Waals surface area contributed by atoms with E-state index in [2.05, 4.69) is 70.0 Å². The molecule has 0 heterocycles. The third-order valence-corrected chi connectivity index (χ3v) is 5.22. The van der Waals surface area contributed by atoms with Gasteiger partial charge in [-0.15, -0.1) is 0 Å². The Hall–Kier alpha value is -0.800. The van der Waals surface area contributed by atoms with Gasteiger partial charge in [0, 0.05) is 4.47 Å². The summed E-state index contributed by atoms with van der Waals surface area (Å²) in [5.74, 6) is 0.915. The van der Waals surface area contributed by atoms with E-state index in [1.54, 1.807) is 0 Å². The van der Waals surface area contributed by atoms with E-state index in [0.29, 0.717) is 0 Å². The molecule has 3 heteroatoms. The lowest BCUT2D eigenvalue weighted by molar-refractivity contribution is 0.242. The Labute approximate surface area is 144 Å². The number of hydrogen-bond donors (Lipinski definition) is 0. The monoisotopic (exact) mass is 410 g/mol. The van der Waals surface area contributed by atoms with E-state index in [-0.39, 0.29) is 10.9 Å². The Morgan fingerprint density at radius 2 is 1.71 bits per heavy atom. The highest BCUT2D eigenvalue weighted by Gasteiger charge is 2.15. The first-order valence-electron chi connectivity index (χ1n) is 7.06. The van der Waals surface area contributed by atoms with Crippen LogP contribution in [0.3, 0.4) is 0 Å². The molecule has 0 aromatic heterocycles. The molecule has 21 heavy (non-hydrogen) atoms. The molecule has 0 aliphatic rings. The van der Waals surface area contributed by atoms with Crippen LogP contribution in [0.15, 0.2) is 40.9 Å². The Bertz CT molecular complexity index is 635. The molecule has 0 spiro atoms. The van der Waals surface area contributed by atoms with Crippen molar-refractivity contribution in [3.05, 3.63) is 63.1 Å². The molecule has 1 atom stereocenters. The van der Waals surface area contributed by atoms with Gasteiger partial charge in [0.2, 0.25) is 0 Å². The largest absolute Gasteiger partial charge is 0.491 e. The normalized spacial score (nSPS) is 12.5. The maximum Gasteiger partial charge on any atom is 0.120 e. The smallest absolute Gasteiger partial charge is 0.120 e. The topological polar surface area (TPSA) is 9.23 Å². The number of aryl methyl sites for hydroxylation is 2. The fourth-order valence-corrected chi connectivity index (χ4v) is 3.51. The Morgan fingerprint density at radius 1 is 1.00 bits per heavy atom. The highest BCUT2D eigenvalue weighted by molar-refractivity contribution is 9.10. The van der Waals surface area contributed by atoms with Gasteiger partial charge in [0.15, 0.2) is 0 Å². The molecule has 0 bridgehead atoms. The third-order valence-electron chi connectivity index (χ3n) is 3.34. The molecule has 0 fully saturated rings. The van der Waals surface area contributed by atoms with Crippen LogP contribution in [0.25, 0.3) is 0 Å². The lowest BCUT2D eigenvalue weighted by atomic mass is 9.98. The zero-order valence-electron chi connectivity index (χ0n) is 12.8. The number of hydrogen-bond acceptors (Lipinski definition) is 1. The molecule has 112 valence electrons. The van der Waals surface area contributed by atoms with E-state index < -0.39 is 0 Å². The summed E-state index contributed by atoms with van der Waals surface area (Å²) in [7, 11) is 0. The maximum absolute atomic E-state index is 5.79. The predicted molar refractivity (Wildman–Crippen MR) is 96.6 cm³/mol. The van der Waals surface area contributed by atoms with Crippen molar-refractivity contribution < 1.29 is 4.74 Å². The van der Waals surface area contributed by atoms with Crippen LogP contribution in [-0.4, -0.2) is 6.10 Å². The van der Waals surface area contributed by atoms with Crippen LogP contribution in [0.2, 0.25) is 0 Å². The first kappa shape index (κ1) is 16.6. The summed E-state index contributed by atoms with van der Waals surface area (Å²) in [6.07, 6.45) is 0.186. The summed E-state index contributed by atoms with van der Waals surface area (Å²) in [4.78, 5) is 0.167. The van der Waals surface area contributed by atoms with Gasteiger partial charge in [0.1, 0.15) is 5.75 Å². The van der Waals surface area contributed by atoms with Crippen molar-refractivity contribution in [1.82, 2.24) is 0 Å². The summed E-state index contributed by atoms with van der Waals surface area (Å²) < 4.78 is 6.94. The molecule has 0 saturated heterocycles. The van der Waals surface area contributed by atoms with Crippen molar-refractivity contribution in [2.45, 2.75) is 38.6 Å². The highest BCUT2D eigenvalue weighted by Crippen LogP contribution is 2.36. The van der Waals surface area contributed by atoms with E-state index in [1.165, 1.54) is 22.3 Å². The fraction of sp³-hybridized carbons (Fsp3) is 0.333. The quantitative estimate of drug-likeness (QED) is 0.533. The van der Waals surface area contributed by atoms with Gasteiger partial charge in [-0.05, 0) is 68.1 Å². The molecule has 2 aromatic rings. The van der Waals surface area contributed by atoms with Crippen LogP contribution >= 0.6 is 31.9 Å². The van der Waals surface area contributed by atoms with Gasteiger partial charge in [-0.25, -0.2) is 0 Å². The fourth-order valence-electron chi connectivity index (χ4n) is 2.27. The van der Waals surface area contributed by atoms with Crippen LogP contribution in [0.5, 0.6) is 5.75 Å². The summed E-state index contributed by atoms with van der Waals surface area (Å²) in [6.45, 7) is 8.34. The van der Waals surface area contributed by atoms with Crippen molar-refractivity contribution in [2.24, 2.45) is 0 Å². The molecule has 0 N–H and O–H groups in total. The third kappa shape index (κ3) is 4.10. The number of rotatable bonds is 4. The molecule has 0 aliphatic carbocycles. The van der Waals surface area contributed by atoms with Crippen LogP contribution in [0.4, 0.5) is 0 Å². The van der Waals surface area contributed by atoms with Gasteiger partial charge in [-0.3, -0.25) is 0 Å². The molecule has 2 aromatic carbocycles. The van der Waals surface area contributed by atoms with E-state index in [0.717, 1.165) is 10.2 Å². The lowest BCUT2D eigenvalue weighted by Gasteiger charge is -2.17. The first-order valence-corrected chi connectivity index (χ1v) is 8.76. The summed E-state index contributed by atoms with van der Waals surface area (Å²) in [5.41, 5.74) is 5.01. The Morgan fingerprint density at radius 3 is 2.38 bits per heavy atom. The van der Waals surface area contributed by atoms with Crippen molar-refractivity contribution >= 4 is 31.9 Å². The summed E-state index contributed by atoms with van der Waals surface area (Å²) in [6, 6.07) is 12.7. The van der Waals surface area contributed by atoms with Crippen molar-refractivity contribution in [1.29, 1.82) is 0 Å². The van der Waals surface area contributed by atoms with E-state index in [9.17, 15) is 0 Å². The van der Waals surface area contributed by atoms with Gasteiger partial charge in [0.05, 0.1) is 10.9 Å². The van der Waals surface area contributed by atoms with E-state index in [1.807, 2.05) is 26.0 Å². The average Bonchev–Trinajstić information content (AvgIpc) is 2.41. The van der Waals surface area contributed by atoms with E-state index >= 15 is 0 Å². The van der Waals surface area contributed by atoms with Gasteiger partial charge in [0.25, 0.3) is 0 Å². The molecule has 1 nitrogen and oxygen atoms in total. The second-order valence-electron chi connectivity index (χ2n) is 5.56. The van der Waals surface area contributed by atoms with Crippen molar-refractivity contribution in [2.75, 3.05) is 0 Å². The van der Waals surface area contributed by atoms with Crippen LogP contribution < -0.4 is 4.74 Å². The molecular weight excluding hydrogens is 392 g/mol. The first-order chi connectivity index (χ1) is 9.88. The standard InChI is InChI=1S/C18H20Br2O/c1-11(2)21-15-7-5-6-14(10-15)18(20)16-8-13(4)17(19)9-12(16)3/h5-11,18H,1-4H3. The molecular formula is C18H20Br2O. The molecule has 0 aliphatic heterocycles. The van der Waals surface area contributed by atoms with Crippen LogP contribution in [0, 0.1) is 13.8 Å². The number of ether oxygens (including phenoxy) is 1. The molecule has 0 saturated carbocycles. The molecule has 1 unspecified atom stereocenters. The molecule has 0 amide bonds. The second-order valence-corrected chi connectivity index (χ2v) is 7.33. The van der Waals surface area contributed by atoms with Crippen molar-refractivity contribution in [3.8, 4) is 5.75 Å². The summed E-state index contributed by atoms with van der Waals surface area (Å²) in [5, 5.41) is 0. The van der Waals surface area contributed by atoms with Crippen LogP contribution in [0.1, 0.15) is 40.9 Å². The zero-order chi connectivity index (χ0) is 15.6. The predicted octanol–water partition coefficient (Wildman–Crippen LogP) is 6.34. The van der Waals surface area contributed by atoms with Gasteiger partial charge >= 0.3 is 0 Å². The molecule has 2 rings (SSSR count). The summed E-state index contributed by atoms with van der Waals surface area (Å²) >= 11 is 7.42. The number of halogens is 2.